The first-order chi connectivity index (χ1) is 27.6. The number of hydrogen-bond donors (Lipinski definition) is 1. The van der Waals surface area contributed by atoms with E-state index in [9.17, 15) is 18.0 Å². The first-order valence-corrected chi connectivity index (χ1v) is 22.4. The molecule has 2 bridgehead atoms. The Labute approximate surface area is 335 Å². The Balaban J connectivity index is 1.24. The van der Waals surface area contributed by atoms with Crippen molar-refractivity contribution in [3.63, 3.8) is 0 Å². The van der Waals surface area contributed by atoms with Crippen LogP contribution >= 0.6 is 0 Å². The van der Waals surface area contributed by atoms with Gasteiger partial charge >= 0.3 is 0 Å². The summed E-state index contributed by atoms with van der Waals surface area (Å²) in [5.41, 5.74) is 7.90. The summed E-state index contributed by atoms with van der Waals surface area (Å²) in [6.07, 6.45) is 12.2. The average Bonchev–Trinajstić information content (AvgIpc) is 4.00. The number of allylic oxidation sites excluding steroid dienone is 1. The quantitative estimate of drug-likeness (QED) is 0.195. The number of nitrogens with one attached hydrogen (secondary N) is 1. The number of fused-ring (bicyclic) bond motifs is 7. The zero-order chi connectivity index (χ0) is 39.6. The second kappa shape index (κ2) is 15.0. The van der Waals surface area contributed by atoms with E-state index in [1.807, 2.05) is 18.2 Å². The van der Waals surface area contributed by atoms with Crippen LogP contribution in [0.2, 0.25) is 0 Å². The first kappa shape index (κ1) is 38.1. The average molecular weight is 795 g/mol. The number of likely N-dealkylation sites (tertiary alicyclic amines) is 2. The molecule has 1 saturated carbocycles. The smallest absolute Gasteiger partial charge is 0.264 e. The van der Waals surface area contributed by atoms with Crippen LogP contribution in [-0.4, -0.2) is 102 Å². The fourth-order valence-electron chi connectivity index (χ4n) is 10.2. The van der Waals surface area contributed by atoms with Crippen LogP contribution in [0.3, 0.4) is 0 Å². The van der Waals surface area contributed by atoms with Crippen molar-refractivity contribution in [1.82, 2.24) is 28.9 Å². The Morgan fingerprint density at radius 2 is 1.75 bits per heavy atom. The maximum Gasteiger partial charge on any atom is 0.264 e. The molecular weight excluding hydrogens is 741 g/mol. The highest BCUT2D eigenvalue weighted by molar-refractivity contribution is 7.90. The third-order valence-electron chi connectivity index (χ3n) is 13.3. The molecule has 4 aliphatic heterocycles. The molecule has 302 valence electrons. The van der Waals surface area contributed by atoms with Gasteiger partial charge in [0.05, 0.1) is 48.1 Å². The third kappa shape index (κ3) is 6.69. The highest BCUT2D eigenvalue weighted by atomic mass is 32.2. The number of nitrogens with zero attached hydrogens (tertiary/aromatic N) is 5. The van der Waals surface area contributed by atoms with Gasteiger partial charge in [-0.3, -0.25) is 19.2 Å². The molecule has 0 spiro atoms. The molecule has 12 nitrogen and oxygen atoms in total. The van der Waals surface area contributed by atoms with Gasteiger partial charge in [-0.25, -0.2) is 13.1 Å². The largest absolute Gasteiger partial charge is 0.497 e. The van der Waals surface area contributed by atoms with Crippen molar-refractivity contribution < 1.29 is 27.5 Å². The predicted molar refractivity (Wildman–Crippen MR) is 221 cm³/mol. The molecule has 0 radical (unpaired) electrons. The summed E-state index contributed by atoms with van der Waals surface area (Å²) < 4.78 is 44.0. The summed E-state index contributed by atoms with van der Waals surface area (Å²) in [7, 11) is -2.17. The third-order valence-corrected chi connectivity index (χ3v) is 15.0. The summed E-state index contributed by atoms with van der Waals surface area (Å²) in [5.74, 6) is 0.421. The van der Waals surface area contributed by atoms with E-state index in [0.29, 0.717) is 43.8 Å². The van der Waals surface area contributed by atoms with Crippen LogP contribution < -0.4 is 9.46 Å². The Bertz CT molecular complexity index is 2370. The van der Waals surface area contributed by atoms with Gasteiger partial charge in [0, 0.05) is 60.4 Å². The molecule has 1 N–H and O–H groups in total. The van der Waals surface area contributed by atoms with Crippen molar-refractivity contribution in [1.29, 1.82) is 0 Å². The minimum Gasteiger partial charge on any atom is -0.497 e. The van der Waals surface area contributed by atoms with Crippen LogP contribution in [0, 0.1) is 0 Å². The number of benzene rings is 2. The molecule has 4 fully saturated rings. The van der Waals surface area contributed by atoms with E-state index in [2.05, 4.69) is 48.9 Å². The molecule has 5 aliphatic rings. The molecule has 4 aromatic rings. The minimum absolute atomic E-state index is 0.0216. The first-order valence-electron chi connectivity index (χ1n) is 20.9. The van der Waals surface area contributed by atoms with Crippen LogP contribution in [0.4, 0.5) is 0 Å². The van der Waals surface area contributed by atoms with Crippen molar-refractivity contribution in [2.75, 3.05) is 40.0 Å². The Morgan fingerprint density at radius 3 is 2.46 bits per heavy atom. The van der Waals surface area contributed by atoms with E-state index >= 15 is 0 Å². The summed E-state index contributed by atoms with van der Waals surface area (Å²) in [4.78, 5) is 33.1. The number of carbonyl (C=O) groups is 2. The lowest BCUT2D eigenvalue weighted by Crippen LogP contribution is -2.48. The van der Waals surface area contributed by atoms with Crippen molar-refractivity contribution in [3.05, 3.63) is 70.5 Å². The number of sulfonamides is 1. The van der Waals surface area contributed by atoms with Crippen LogP contribution in [0.25, 0.3) is 33.8 Å². The second-order valence-corrected chi connectivity index (χ2v) is 19.1. The zero-order valence-corrected chi connectivity index (χ0v) is 34.3. The van der Waals surface area contributed by atoms with Crippen LogP contribution in [-0.2, 0) is 21.3 Å². The minimum atomic E-state index is -3.85. The highest BCUT2D eigenvalue weighted by Crippen LogP contribution is 2.48. The molecule has 6 heterocycles. The zero-order valence-electron chi connectivity index (χ0n) is 33.5. The number of aromatic nitrogens is 3. The molecule has 0 unspecified atom stereocenters. The van der Waals surface area contributed by atoms with E-state index in [1.165, 1.54) is 12.0 Å². The van der Waals surface area contributed by atoms with Crippen LogP contribution in [0.5, 0.6) is 5.75 Å². The predicted octanol–water partition coefficient (Wildman–Crippen LogP) is 6.85. The monoisotopic (exact) mass is 794 g/mol. The Kier molecular flexibility index (Phi) is 10.1. The summed E-state index contributed by atoms with van der Waals surface area (Å²) in [5, 5.41) is 5.33. The summed E-state index contributed by atoms with van der Waals surface area (Å²) in [6.45, 7) is 9.56. The second-order valence-electron chi connectivity index (χ2n) is 16.8. The maximum absolute atomic E-state index is 14.9. The van der Waals surface area contributed by atoms with Crippen molar-refractivity contribution >= 4 is 44.4 Å². The van der Waals surface area contributed by atoms with Gasteiger partial charge in [-0.2, -0.15) is 5.10 Å². The molecule has 9 rings (SSSR count). The fraction of sp³-hybridized carbons (Fsp3) is 0.523. The van der Waals surface area contributed by atoms with E-state index in [0.717, 1.165) is 103 Å². The molecular formula is C44H54N6O6S. The highest BCUT2D eigenvalue weighted by Gasteiger charge is 2.46. The molecule has 57 heavy (non-hydrogen) atoms. The molecule has 2 amide bonds. The molecule has 2 aromatic carbocycles. The lowest BCUT2D eigenvalue weighted by molar-refractivity contribution is 0.0626. The van der Waals surface area contributed by atoms with Gasteiger partial charge in [0.1, 0.15) is 5.75 Å². The van der Waals surface area contributed by atoms with Gasteiger partial charge in [0.2, 0.25) is 10.0 Å². The number of ether oxygens (including phenoxy) is 2. The molecule has 2 atom stereocenters. The number of piperazine rings is 1. The van der Waals surface area contributed by atoms with E-state index in [4.69, 9.17) is 14.6 Å². The number of hydrogen-bond acceptors (Lipinski definition) is 8. The van der Waals surface area contributed by atoms with Crippen LogP contribution in [0.1, 0.15) is 122 Å². The van der Waals surface area contributed by atoms with E-state index < -0.39 is 21.2 Å². The van der Waals surface area contributed by atoms with Gasteiger partial charge in [0.15, 0.2) is 0 Å². The lowest BCUT2D eigenvalue weighted by atomic mass is 9.81. The van der Waals surface area contributed by atoms with Gasteiger partial charge in [-0.05, 0) is 112 Å². The number of rotatable bonds is 9. The van der Waals surface area contributed by atoms with Crippen molar-refractivity contribution in [2.45, 2.75) is 108 Å². The summed E-state index contributed by atoms with van der Waals surface area (Å²) >= 11 is 0. The number of methoxy groups -OCH3 is 1. The SMILES string of the molecule is CCN1C[C@@H]2C[C@H]1CN2C(=O)c1cnn(C2CCOCC2)c1C1=Cc2cc(OC)ccc2-c2c(C3CCCCC3)c3ccc(C(=O)NS(=O)(=O)C(C)C)cc3n2C1. The van der Waals surface area contributed by atoms with Gasteiger partial charge < -0.3 is 18.9 Å². The Morgan fingerprint density at radius 1 is 0.965 bits per heavy atom. The fourth-order valence-corrected chi connectivity index (χ4v) is 10.8. The van der Waals surface area contributed by atoms with Gasteiger partial charge in [0.25, 0.3) is 11.8 Å². The maximum atomic E-state index is 14.9. The lowest BCUT2D eigenvalue weighted by Gasteiger charge is -2.33. The number of carbonyl (C=O) groups excluding carboxylic acids is 2. The molecule has 1 aliphatic carbocycles. The number of amides is 2. The van der Waals surface area contributed by atoms with Crippen molar-refractivity contribution in [3.8, 4) is 17.0 Å². The molecule has 13 heteroatoms. The van der Waals surface area contributed by atoms with Gasteiger partial charge in [-0.1, -0.05) is 32.3 Å². The Hall–Kier alpha value is -4.46. The van der Waals surface area contributed by atoms with E-state index in [1.54, 1.807) is 33.2 Å². The molecule has 3 saturated heterocycles. The van der Waals surface area contributed by atoms with Crippen LogP contribution in [0.15, 0.2) is 42.6 Å². The standard InChI is InChI=1S/C44H54N6O6S/c1-5-47-25-34-22-33(47)26-48(34)44(52)38-23-45-50(32-15-17-56-18-16-32)41(38)31-19-30-20-35(55-4)12-14-36(30)42-40(28-9-7-6-8-10-28)37-13-11-29(21-39(37)49(42)24-31)43(51)46-57(53,54)27(2)3/h11-14,19-21,23,27-28,32-34H,5-10,15-18,22,24-26H2,1-4H3,(H,46,51)/t33-,34-/m0/s1. The molecule has 2 aromatic heterocycles. The van der Waals surface area contributed by atoms with E-state index in [-0.39, 0.29) is 23.6 Å². The summed E-state index contributed by atoms with van der Waals surface area (Å²) in [6, 6.07) is 12.5. The van der Waals surface area contributed by atoms with Crippen molar-refractivity contribution in [2.24, 2.45) is 0 Å². The number of likely N-dealkylation sites (N-methyl/N-ethyl adjacent to an activating group) is 1. The topological polar surface area (TPSA) is 128 Å². The normalized spacial score (nSPS) is 21.8. The van der Waals surface area contributed by atoms with Gasteiger partial charge in [-0.15, -0.1) is 0 Å².